The Morgan fingerprint density at radius 3 is 2.29 bits per heavy atom. The van der Waals surface area contributed by atoms with Crippen molar-refractivity contribution in [2.75, 3.05) is 24.3 Å². The van der Waals surface area contributed by atoms with Crippen LogP contribution in [0.3, 0.4) is 0 Å². The van der Waals surface area contributed by atoms with E-state index in [0.29, 0.717) is 0 Å². The molecule has 4 nitrogen and oxygen atoms in total. The summed E-state index contributed by atoms with van der Waals surface area (Å²) in [7, 11) is 3.86. The molecule has 1 N–H and O–H groups in total. The molecule has 0 atom stereocenters. The van der Waals surface area contributed by atoms with Gasteiger partial charge in [-0.2, -0.15) is 0 Å². The van der Waals surface area contributed by atoms with E-state index in [-0.39, 0.29) is 0 Å². The van der Waals surface area contributed by atoms with Crippen molar-refractivity contribution in [3.63, 3.8) is 0 Å². The minimum Gasteiger partial charge on any atom is -0.381 e. The molecule has 4 heteroatoms. The van der Waals surface area contributed by atoms with Crippen molar-refractivity contribution in [1.29, 1.82) is 0 Å². The summed E-state index contributed by atoms with van der Waals surface area (Å²) in [6.45, 7) is 0.734. The third-order valence-electron chi connectivity index (χ3n) is 2.36. The van der Waals surface area contributed by atoms with E-state index in [0.717, 1.165) is 23.7 Å². The molecule has 0 aliphatic carbocycles. The van der Waals surface area contributed by atoms with Crippen LogP contribution in [0, 0.1) is 0 Å². The minimum atomic E-state index is 0.730. The fraction of sp³-hybridized carbons (Fsp3) is 0.231. The van der Waals surface area contributed by atoms with E-state index in [2.05, 4.69) is 15.3 Å². The number of rotatable bonds is 4. The van der Waals surface area contributed by atoms with E-state index in [1.807, 2.05) is 61.7 Å². The molecule has 0 saturated heterocycles. The summed E-state index contributed by atoms with van der Waals surface area (Å²) in [6.07, 6.45) is 3.69. The molecule has 17 heavy (non-hydrogen) atoms. The van der Waals surface area contributed by atoms with E-state index >= 15 is 0 Å². The quantitative estimate of drug-likeness (QED) is 0.870. The molecular weight excluding hydrogens is 212 g/mol. The molecule has 0 saturated carbocycles. The van der Waals surface area contributed by atoms with Crippen LogP contribution >= 0.6 is 0 Å². The van der Waals surface area contributed by atoms with Gasteiger partial charge in [-0.1, -0.05) is 18.2 Å². The first-order chi connectivity index (χ1) is 8.25. The van der Waals surface area contributed by atoms with Gasteiger partial charge in [0.2, 0.25) is 5.95 Å². The van der Waals surface area contributed by atoms with Crippen LogP contribution in [0.15, 0.2) is 42.7 Å². The second-order valence-corrected chi connectivity index (χ2v) is 4.01. The van der Waals surface area contributed by atoms with Crippen LogP contribution in [-0.4, -0.2) is 24.1 Å². The van der Waals surface area contributed by atoms with Crippen LogP contribution in [0.5, 0.6) is 0 Å². The Bertz CT molecular complexity index is 451. The standard InChI is InChI=1S/C13H16N4/c1-17(2)13-15-9-11(10-16-13)8-14-12-6-4-3-5-7-12/h3-7,9-10,14H,8H2,1-2H3. The molecule has 0 radical (unpaired) electrons. The first kappa shape index (κ1) is 11.4. The molecule has 2 aromatic rings. The lowest BCUT2D eigenvalue weighted by Crippen LogP contribution is -2.13. The minimum absolute atomic E-state index is 0.730. The zero-order chi connectivity index (χ0) is 12.1. The summed E-state index contributed by atoms with van der Waals surface area (Å²) in [6, 6.07) is 10.1. The van der Waals surface area contributed by atoms with Gasteiger partial charge in [0.25, 0.3) is 0 Å². The van der Waals surface area contributed by atoms with Gasteiger partial charge in [0.1, 0.15) is 0 Å². The van der Waals surface area contributed by atoms with Gasteiger partial charge in [-0.3, -0.25) is 0 Å². The van der Waals surface area contributed by atoms with Gasteiger partial charge in [0.05, 0.1) is 0 Å². The average molecular weight is 228 g/mol. The van der Waals surface area contributed by atoms with E-state index in [9.17, 15) is 0 Å². The Morgan fingerprint density at radius 2 is 1.71 bits per heavy atom. The van der Waals surface area contributed by atoms with Gasteiger partial charge in [-0.25, -0.2) is 9.97 Å². The van der Waals surface area contributed by atoms with Crippen LogP contribution in [0.25, 0.3) is 0 Å². The third kappa shape index (κ3) is 3.17. The molecular formula is C13H16N4. The van der Waals surface area contributed by atoms with E-state index in [1.54, 1.807) is 0 Å². The fourth-order valence-electron chi connectivity index (χ4n) is 1.43. The summed E-state index contributed by atoms with van der Waals surface area (Å²) < 4.78 is 0. The highest BCUT2D eigenvalue weighted by atomic mass is 15.2. The smallest absolute Gasteiger partial charge is 0.224 e. The van der Waals surface area contributed by atoms with Crippen molar-refractivity contribution >= 4 is 11.6 Å². The SMILES string of the molecule is CN(C)c1ncc(CNc2ccccc2)cn1. The van der Waals surface area contributed by atoms with Gasteiger partial charge in [0.15, 0.2) is 0 Å². The maximum atomic E-state index is 4.27. The van der Waals surface area contributed by atoms with Crippen molar-refractivity contribution in [1.82, 2.24) is 9.97 Å². The van der Waals surface area contributed by atoms with Crippen molar-refractivity contribution < 1.29 is 0 Å². The highest BCUT2D eigenvalue weighted by Crippen LogP contribution is 2.08. The second kappa shape index (κ2) is 5.30. The van der Waals surface area contributed by atoms with Crippen molar-refractivity contribution in [2.45, 2.75) is 6.54 Å². The fourth-order valence-corrected chi connectivity index (χ4v) is 1.43. The zero-order valence-electron chi connectivity index (χ0n) is 10.1. The summed E-state index contributed by atoms with van der Waals surface area (Å²) >= 11 is 0. The maximum Gasteiger partial charge on any atom is 0.224 e. The Kier molecular flexibility index (Phi) is 3.55. The Hall–Kier alpha value is -2.10. The number of benzene rings is 1. The van der Waals surface area contributed by atoms with E-state index in [4.69, 9.17) is 0 Å². The lowest BCUT2D eigenvalue weighted by Gasteiger charge is -2.10. The normalized spacial score (nSPS) is 10.0. The molecule has 2 rings (SSSR count). The topological polar surface area (TPSA) is 41.1 Å². The Labute approximate surface area is 101 Å². The first-order valence-corrected chi connectivity index (χ1v) is 5.53. The van der Waals surface area contributed by atoms with Gasteiger partial charge in [-0.05, 0) is 12.1 Å². The number of nitrogens with zero attached hydrogens (tertiary/aromatic N) is 3. The molecule has 0 bridgehead atoms. The lowest BCUT2D eigenvalue weighted by molar-refractivity contribution is 0.970. The molecule has 0 aliphatic rings. The number of aromatic nitrogens is 2. The largest absolute Gasteiger partial charge is 0.381 e. The van der Waals surface area contributed by atoms with Crippen molar-refractivity contribution in [3.8, 4) is 0 Å². The van der Waals surface area contributed by atoms with Gasteiger partial charge >= 0.3 is 0 Å². The number of para-hydroxylation sites is 1. The highest BCUT2D eigenvalue weighted by Gasteiger charge is 1.99. The summed E-state index contributed by atoms with van der Waals surface area (Å²) in [5, 5.41) is 3.32. The van der Waals surface area contributed by atoms with Crippen LogP contribution in [0.2, 0.25) is 0 Å². The predicted molar refractivity (Wildman–Crippen MR) is 70.1 cm³/mol. The molecule has 1 aromatic carbocycles. The summed E-state index contributed by atoms with van der Waals surface area (Å²) in [5.74, 6) is 0.730. The summed E-state index contributed by atoms with van der Waals surface area (Å²) in [4.78, 5) is 10.4. The lowest BCUT2D eigenvalue weighted by atomic mass is 10.3. The average Bonchev–Trinajstić information content (AvgIpc) is 2.38. The van der Waals surface area contributed by atoms with Crippen LogP contribution in [0.1, 0.15) is 5.56 Å². The maximum absolute atomic E-state index is 4.27. The molecule has 0 amide bonds. The Balaban J connectivity index is 1.96. The van der Waals surface area contributed by atoms with Gasteiger partial charge in [-0.15, -0.1) is 0 Å². The van der Waals surface area contributed by atoms with Crippen molar-refractivity contribution in [2.24, 2.45) is 0 Å². The van der Waals surface area contributed by atoms with E-state index in [1.165, 1.54) is 0 Å². The molecule has 1 heterocycles. The number of hydrogen-bond acceptors (Lipinski definition) is 4. The molecule has 0 spiro atoms. The molecule has 1 aromatic heterocycles. The van der Waals surface area contributed by atoms with Crippen LogP contribution in [-0.2, 0) is 6.54 Å². The second-order valence-electron chi connectivity index (χ2n) is 4.01. The van der Waals surface area contributed by atoms with Gasteiger partial charge in [0, 0.05) is 44.3 Å². The highest BCUT2D eigenvalue weighted by molar-refractivity contribution is 5.43. The van der Waals surface area contributed by atoms with Gasteiger partial charge < -0.3 is 10.2 Å². The predicted octanol–water partition coefficient (Wildman–Crippen LogP) is 2.15. The first-order valence-electron chi connectivity index (χ1n) is 5.53. The molecule has 0 fully saturated rings. The van der Waals surface area contributed by atoms with Crippen LogP contribution in [0.4, 0.5) is 11.6 Å². The zero-order valence-corrected chi connectivity index (χ0v) is 10.1. The molecule has 0 aliphatic heterocycles. The number of nitrogens with one attached hydrogen (secondary N) is 1. The third-order valence-corrected chi connectivity index (χ3v) is 2.36. The molecule has 88 valence electrons. The number of hydrogen-bond donors (Lipinski definition) is 1. The van der Waals surface area contributed by atoms with E-state index < -0.39 is 0 Å². The number of anilines is 2. The summed E-state index contributed by atoms with van der Waals surface area (Å²) in [5.41, 5.74) is 2.17. The Morgan fingerprint density at radius 1 is 1.06 bits per heavy atom. The van der Waals surface area contributed by atoms with Crippen LogP contribution < -0.4 is 10.2 Å². The monoisotopic (exact) mass is 228 g/mol. The van der Waals surface area contributed by atoms with Crippen molar-refractivity contribution in [3.05, 3.63) is 48.3 Å². The molecule has 0 unspecified atom stereocenters.